The van der Waals surface area contributed by atoms with Crippen molar-refractivity contribution < 1.29 is 0 Å². The molecule has 0 saturated carbocycles. The lowest BCUT2D eigenvalue weighted by Crippen LogP contribution is -2.24. The summed E-state index contributed by atoms with van der Waals surface area (Å²) >= 11 is 0. The van der Waals surface area contributed by atoms with Crippen LogP contribution in [0.5, 0.6) is 0 Å². The van der Waals surface area contributed by atoms with Gasteiger partial charge in [-0.1, -0.05) is 12.1 Å². The molecule has 2 heterocycles. The van der Waals surface area contributed by atoms with Gasteiger partial charge in [0.05, 0.1) is 0 Å². The van der Waals surface area contributed by atoms with Crippen LogP contribution >= 0.6 is 0 Å². The van der Waals surface area contributed by atoms with Crippen molar-refractivity contribution in [3.63, 3.8) is 0 Å². The zero-order chi connectivity index (χ0) is 9.54. The summed E-state index contributed by atoms with van der Waals surface area (Å²) in [5.41, 5.74) is 4.43. The fourth-order valence-corrected chi connectivity index (χ4v) is 2.32. The molecule has 0 unspecified atom stereocenters. The summed E-state index contributed by atoms with van der Waals surface area (Å²) in [6.45, 7) is 2.36. The SMILES string of the molecule is CN1CCCc2cc([C@H]3CN3)ccc21. The summed E-state index contributed by atoms with van der Waals surface area (Å²) in [7, 11) is 2.19. The molecule has 0 aliphatic carbocycles. The van der Waals surface area contributed by atoms with Crippen LogP contribution in [-0.2, 0) is 6.42 Å². The summed E-state index contributed by atoms with van der Waals surface area (Å²) in [5.74, 6) is 0. The predicted molar refractivity (Wildman–Crippen MR) is 58.8 cm³/mol. The van der Waals surface area contributed by atoms with Crippen LogP contribution in [0.4, 0.5) is 5.69 Å². The number of rotatable bonds is 1. The molecule has 1 N–H and O–H groups in total. The summed E-state index contributed by atoms with van der Waals surface area (Å²) in [5, 5.41) is 3.36. The van der Waals surface area contributed by atoms with E-state index in [0.717, 1.165) is 6.54 Å². The normalized spacial score (nSPS) is 24.6. The molecule has 1 saturated heterocycles. The highest BCUT2D eigenvalue weighted by Gasteiger charge is 2.23. The molecule has 74 valence electrons. The fourth-order valence-electron chi connectivity index (χ4n) is 2.32. The van der Waals surface area contributed by atoms with Gasteiger partial charge in [-0.3, -0.25) is 0 Å². The van der Waals surface area contributed by atoms with E-state index in [0.29, 0.717) is 6.04 Å². The lowest BCUT2D eigenvalue weighted by molar-refractivity contribution is 0.743. The number of aryl methyl sites for hydroxylation is 1. The Hall–Kier alpha value is -1.02. The van der Waals surface area contributed by atoms with E-state index in [4.69, 9.17) is 0 Å². The predicted octanol–water partition coefficient (Wildman–Crippen LogP) is 1.71. The van der Waals surface area contributed by atoms with E-state index in [1.807, 2.05) is 0 Å². The lowest BCUT2D eigenvalue weighted by atomic mass is 9.98. The molecule has 1 atom stereocenters. The maximum Gasteiger partial charge on any atom is 0.0447 e. The second kappa shape index (κ2) is 2.99. The van der Waals surface area contributed by atoms with Crippen molar-refractivity contribution in [3.8, 4) is 0 Å². The topological polar surface area (TPSA) is 25.2 Å². The molecule has 0 radical (unpaired) electrons. The van der Waals surface area contributed by atoms with Crippen molar-refractivity contribution >= 4 is 5.69 Å². The molecule has 1 aromatic carbocycles. The summed E-state index contributed by atoms with van der Waals surface area (Å²) in [6.07, 6.45) is 2.55. The highest BCUT2D eigenvalue weighted by atomic mass is 15.1. The van der Waals surface area contributed by atoms with Gasteiger partial charge in [0.2, 0.25) is 0 Å². The molecular weight excluding hydrogens is 172 g/mol. The Balaban J connectivity index is 2.00. The largest absolute Gasteiger partial charge is 0.374 e. The van der Waals surface area contributed by atoms with Crippen LogP contribution in [0.2, 0.25) is 0 Å². The Labute approximate surface area is 84.9 Å². The van der Waals surface area contributed by atoms with Crippen molar-refractivity contribution in [1.82, 2.24) is 5.32 Å². The van der Waals surface area contributed by atoms with Crippen LogP contribution in [0.3, 0.4) is 0 Å². The van der Waals surface area contributed by atoms with Crippen LogP contribution in [-0.4, -0.2) is 20.1 Å². The number of hydrogen-bond acceptors (Lipinski definition) is 2. The van der Waals surface area contributed by atoms with Gasteiger partial charge in [-0.15, -0.1) is 0 Å². The third kappa shape index (κ3) is 1.30. The standard InChI is InChI=1S/C12H16N2/c1-14-6-2-3-10-7-9(11-8-13-11)4-5-12(10)14/h4-5,7,11,13H,2-3,6,8H2,1H3/t11-/m1/s1. The van der Waals surface area contributed by atoms with Gasteiger partial charge in [-0.2, -0.15) is 0 Å². The molecule has 0 spiro atoms. The maximum atomic E-state index is 3.36. The number of nitrogens with zero attached hydrogens (tertiary/aromatic N) is 1. The molecule has 2 nitrogen and oxygen atoms in total. The minimum Gasteiger partial charge on any atom is -0.374 e. The van der Waals surface area contributed by atoms with E-state index < -0.39 is 0 Å². The van der Waals surface area contributed by atoms with Crippen LogP contribution in [0.15, 0.2) is 18.2 Å². The molecule has 1 fully saturated rings. The molecule has 2 heteroatoms. The minimum absolute atomic E-state index is 0.646. The fraction of sp³-hybridized carbons (Fsp3) is 0.500. The van der Waals surface area contributed by atoms with Gasteiger partial charge in [0.15, 0.2) is 0 Å². The third-order valence-electron chi connectivity index (χ3n) is 3.27. The molecule has 14 heavy (non-hydrogen) atoms. The maximum absolute atomic E-state index is 3.36. The Kier molecular flexibility index (Phi) is 1.77. The van der Waals surface area contributed by atoms with Crippen LogP contribution < -0.4 is 10.2 Å². The number of anilines is 1. The van der Waals surface area contributed by atoms with E-state index in [2.05, 4.69) is 35.5 Å². The Bertz CT molecular complexity index is 355. The van der Waals surface area contributed by atoms with Crippen molar-refractivity contribution in [3.05, 3.63) is 29.3 Å². The molecule has 1 aromatic rings. The Morgan fingerprint density at radius 3 is 3.07 bits per heavy atom. The first-order valence-electron chi connectivity index (χ1n) is 5.42. The van der Waals surface area contributed by atoms with Crippen LogP contribution in [0.25, 0.3) is 0 Å². The number of fused-ring (bicyclic) bond motifs is 1. The molecule has 0 bridgehead atoms. The van der Waals surface area contributed by atoms with E-state index in [1.165, 1.54) is 36.2 Å². The quantitative estimate of drug-likeness (QED) is 0.679. The second-order valence-corrected chi connectivity index (χ2v) is 4.37. The Morgan fingerprint density at radius 1 is 1.43 bits per heavy atom. The molecule has 3 rings (SSSR count). The van der Waals surface area contributed by atoms with Crippen molar-refractivity contribution in [2.45, 2.75) is 18.9 Å². The molecule has 0 aromatic heterocycles. The van der Waals surface area contributed by atoms with Gasteiger partial charge >= 0.3 is 0 Å². The summed E-state index contributed by atoms with van der Waals surface area (Å²) in [6, 6.07) is 7.58. The van der Waals surface area contributed by atoms with Crippen LogP contribution in [0, 0.1) is 0 Å². The first kappa shape index (κ1) is 8.30. The first-order chi connectivity index (χ1) is 6.84. The number of benzene rings is 1. The van der Waals surface area contributed by atoms with Gasteiger partial charge in [0, 0.05) is 31.9 Å². The van der Waals surface area contributed by atoms with Gasteiger partial charge in [-0.25, -0.2) is 0 Å². The van der Waals surface area contributed by atoms with E-state index >= 15 is 0 Å². The highest BCUT2D eigenvalue weighted by molar-refractivity contribution is 5.56. The number of hydrogen-bond donors (Lipinski definition) is 1. The van der Waals surface area contributed by atoms with Crippen molar-refractivity contribution in [2.24, 2.45) is 0 Å². The van der Waals surface area contributed by atoms with Crippen LogP contribution in [0.1, 0.15) is 23.6 Å². The minimum atomic E-state index is 0.646. The number of nitrogens with one attached hydrogen (secondary N) is 1. The van der Waals surface area contributed by atoms with Gasteiger partial charge in [0.25, 0.3) is 0 Å². The van der Waals surface area contributed by atoms with Gasteiger partial charge in [0.1, 0.15) is 0 Å². The average molecular weight is 188 g/mol. The van der Waals surface area contributed by atoms with E-state index in [-0.39, 0.29) is 0 Å². The summed E-state index contributed by atoms with van der Waals surface area (Å²) < 4.78 is 0. The van der Waals surface area contributed by atoms with Gasteiger partial charge in [-0.05, 0) is 30.0 Å². The van der Waals surface area contributed by atoms with Gasteiger partial charge < -0.3 is 10.2 Å². The molecule has 2 aliphatic rings. The average Bonchev–Trinajstić information content (AvgIpc) is 3.01. The van der Waals surface area contributed by atoms with E-state index in [9.17, 15) is 0 Å². The lowest BCUT2D eigenvalue weighted by Gasteiger charge is -2.27. The highest BCUT2D eigenvalue weighted by Crippen LogP contribution is 2.30. The molecular formula is C12H16N2. The van der Waals surface area contributed by atoms with Crippen molar-refractivity contribution in [2.75, 3.05) is 25.0 Å². The Morgan fingerprint density at radius 2 is 2.29 bits per heavy atom. The smallest absolute Gasteiger partial charge is 0.0447 e. The third-order valence-corrected chi connectivity index (χ3v) is 3.27. The monoisotopic (exact) mass is 188 g/mol. The van der Waals surface area contributed by atoms with Crippen molar-refractivity contribution in [1.29, 1.82) is 0 Å². The molecule has 2 aliphatic heterocycles. The second-order valence-electron chi connectivity index (χ2n) is 4.37. The zero-order valence-electron chi connectivity index (χ0n) is 8.59. The molecule has 0 amide bonds. The first-order valence-corrected chi connectivity index (χ1v) is 5.42. The zero-order valence-corrected chi connectivity index (χ0v) is 8.59. The van der Waals surface area contributed by atoms with E-state index in [1.54, 1.807) is 0 Å². The summed E-state index contributed by atoms with van der Waals surface area (Å²) in [4.78, 5) is 2.36.